The van der Waals surface area contributed by atoms with Crippen LogP contribution in [0.1, 0.15) is 46.6 Å². The number of aromatic nitrogens is 1. The Bertz CT molecular complexity index is 626. The Kier molecular flexibility index (Phi) is 3.99. The number of esters is 1. The highest BCUT2D eigenvalue weighted by Crippen LogP contribution is 2.17. The predicted octanol–water partition coefficient (Wildman–Crippen LogP) is 3.33. The monoisotopic (exact) mass is 289 g/mol. The number of carbonyl (C=O) groups excluding carboxylic acids is 2. The molecule has 0 N–H and O–H groups in total. The van der Waals surface area contributed by atoms with Crippen molar-refractivity contribution in [3.8, 4) is 0 Å². The Balaban J connectivity index is 2.17. The van der Waals surface area contributed by atoms with Crippen LogP contribution in [-0.4, -0.2) is 22.3 Å². The van der Waals surface area contributed by atoms with Crippen molar-refractivity contribution in [3.05, 3.63) is 52.0 Å². The minimum atomic E-state index is -0.579. The van der Waals surface area contributed by atoms with Gasteiger partial charge < -0.3 is 4.74 Å². The summed E-state index contributed by atoms with van der Waals surface area (Å²) in [4.78, 5) is 28.1. The van der Waals surface area contributed by atoms with Crippen molar-refractivity contribution in [2.75, 3.05) is 0 Å². The summed E-state index contributed by atoms with van der Waals surface area (Å²) in [5.41, 5.74) is 0.145. The molecule has 2 rings (SSSR count). The van der Waals surface area contributed by atoms with E-state index in [4.69, 9.17) is 4.74 Å². The smallest absolute Gasteiger partial charge is 0.358 e. The number of ether oxygens (including phenoxy) is 1. The second-order valence-corrected chi connectivity index (χ2v) is 6.09. The molecular formula is C15H15NO3S. The summed E-state index contributed by atoms with van der Waals surface area (Å²) in [6.07, 6.45) is 0. The minimum Gasteiger partial charge on any atom is -0.455 e. The molecule has 0 saturated carbocycles. The third kappa shape index (κ3) is 3.51. The van der Waals surface area contributed by atoms with E-state index in [1.807, 2.05) is 6.07 Å². The van der Waals surface area contributed by atoms with Crippen LogP contribution in [0.25, 0.3) is 0 Å². The van der Waals surface area contributed by atoms with Gasteiger partial charge in [-0.1, -0.05) is 30.3 Å². The fourth-order valence-corrected chi connectivity index (χ4v) is 2.26. The van der Waals surface area contributed by atoms with Gasteiger partial charge in [-0.15, -0.1) is 11.3 Å². The van der Waals surface area contributed by atoms with E-state index in [0.717, 1.165) is 11.3 Å². The molecule has 0 radical (unpaired) electrons. The molecule has 0 atom stereocenters. The second-order valence-electron chi connectivity index (χ2n) is 5.23. The molecule has 20 heavy (non-hydrogen) atoms. The molecular weight excluding hydrogens is 274 g/mol. The van der Waals surface area contributed by atoms with Crippen molar-refractivity contribution in [3.63, 3.8) is 0 Å². The Morgan fingerprint density at radius 3 is 2.40 bits per heavy atom. The highest BCUT2D eigenvalue weighted by Gasteiger charge is 2.22. The van der Waals surface area contributed by atoms with E-state index in [2.05, 4.69) is 4.98 Å². The van der Waals surface area contributed by atoms with Gasteiger partial charge in [0.25, 0.3) is 0 Å². The average Bonchev–Trinajstić information content (AvgIpc) is 2.86. The first-order chi connectivity index (χ1) is 9.37. The van der Waals surface area contributed by atoms with Crippen molar-refractivity contribution in [2.24, 2.45) is 0 Å². The Labute approximate surface area is 121 Å². The fourth-order valence-electron chi connectivity index (χ4n) is 1.52. The number of ketones is 1. The van der Waals surface area contributed by atoms with Crippen molar-refractivity contribution in [1.29, 1.82) is 0 Å². The van der Waals surface area contributed by atoms with E-state index in [0.29, 0.717) is 5.56 Å². The lowest BCUT2D eigenvalue weighted by Gasteiger charge is -2.18. The molecule has 2 aromatic rings. The molecule has 0 bridgehead atoms. The Morgan fingerprint density at radius 1 is 1.15 bits per heavy atom. The molecule has 104 valence electrons. The SMILES string of the molecule is CC(C)(C)OC(=O)c1csc(C(=O)c2ccccc2)n1. The lowest BCUT2D eigenvalue weighted by atomic mass is 10.1. The number of carbonyl (C=O) groups is 2. The molecule has 5 heteroatoms. The summed E-state index contributed by atoms with van der Waals surface area (Å²) < 4.78 is 5.22. The lowest BCUT2D eigenvalue weighted by Crippen LogP contribution is -2.24. The molecule has 1 heterocycles. The zero-order valence-electron chi connectivity index (χ0n) is 11.5. The predicted molar refractivity (Wildman–Crippen MR) is 77.2 cm³/mol. The van der Waals surface area contributed by atoms with Crippen LogP contribution < -0.4 is 0 Å². The molecule has 0 amide bonds. The highest BCUT2D eigenvalue weighted by molar-refractivity contribution is 7.12. The molecule has 1 aromatic carbocycles. The molecule has 0 saturated heterocycles. The van der Waals surface area contributed by atoms with Crippen molar-refractivity contribution in [1.82, 2.24) is 4.98 Å². The van der Waals surface area contributed by atoms with Gasteiger partial charge in [0.2, 0.25) is 5.78 Å². The zero-order valence-corrected chi connectivity index (χ0v) is 12.4. The van der Waals surface area contributed by atoms with E-state index in [9.17, 15) is 9.59 Å². The van der Waals surface area contributed by atoms with Crippen LogP contribution in [0.2, 0.25) is 0 Å². The van der Waals surface area contributed by atoms with E-state index < -0.39 is 11.6 Å². The van der Waals surface area contributed by atoms with E-state index in [-0.39, 0.29) is 16.5 Å². The first-order valence-corrected chi connectivity index (χ1v) is 7.03. The third-order valence-electron chi connectivity index (χ3n) is 2.34. The maximum absolute atomic E-state index is 12.2. The maximum Gasteiger partial charge on any atom is 0.358 e. The van der Waals surface area contributed by atoms with Crippen molar-refractivity contribution in [2.45, 2.75) is 26.4 Å². The van der Waals surface area contributed by atoms with Crippen molar-refractivity contribution < 1.29 is 14.3 Å². The molecule has 4 nitrogen and oxygen atoms in total. The van der Waals surface area contributed by atoms with Gasteiger partial charge in [0.15, 0.2) is 10.7 Å². The number of nitrogens with zero attached hydrogens (tertiary/aromatic N) is 1. The van der Waals surface area contributed by atoms with E-state index >= 15 is 0 Å². The Morgan fingerprint density at radius 2 is 1.80 bits per heavy atom. The maximum atomic E-state index is 12.2. The molecule has 0 aliphatic carbocycles. The fraction of sp³-hybridized carbons (Fsp3) is 0.267. The van der Waals surface area contributed by atoms with Gasteiger partial charge in [-0.3, -0.25) is 4.79 Å². The van der Waals surface area contributed by atoms with Crippen LogP contribution in [0.4, 0.5) is 0 Å². The summed E-state index contributed by atoms with van der Waals surface area (Å²) in [7, 11) is 0. The number of thiazole rings is 1. The first kappa shape index (κ1) is 14.4. The van der Waals surface area contributed by atoms with Gasteiger partial charge in [0, 0.05) is 10.9 Å². The topological polar surface area (TPSA) is 56.3 Å². The summed E-state index contributed by atoms with van der Waals surface area (Å²) in [5, 5.41) is 1.83. The summed E-state index contributed by atoms with van der Waals surface area (Å²) >= 11 is 1.15. The summed E-state index contributed by atoms with van der Waals surface area (Å²) in [6, 6.07) is 8.85. The van der Waals surface area contributed by atoms with Gasteiger partial charge >= 0.3 is 5.97 Å². The number of benzene rings is 1. The molecule has 0 spiro atoms. The van der Waals surface area contributed by atoms with Crippen molar-refractivity contribution >= 4 is 23.1 Å². The van der Waals surface area contributed by atoms with Crippen LogP contribution in [-0.2, 0) is 4.74 Å². The normalized spacial score (nSPS) is 11.2. The summed E-state index contributed by atoms with van der Waals surface area (Å²) in [5.74, 6) is -0.703. The van der Waals surface area contributed by atoms with Crippen LogP contribution in [0.15, 0.2) is 35.7 Å². The molecule has 0 aliphatic heterocycles. The first-order valence-electron chi connectivity index (χ1n) is 6.15. The Hall–Kier alpha value is -2.01. The van der Waals surface area contributed by atoms with Gasteiger partial charge in [-0.25, -0.2) is 9.78 Å². The highest BCUT2D eigenvalue weighted by atomic mass is 32.1. The van der Waals surface area contributed by atoms with Crippen LogP contribution >= 0.6 is 11.3 Å². The quantitative estimate of drug-likeness (QED) is 0.642. The van der Waals surface area contributed by atoms with Crippen LogP contribution in [0.5, 0.6) is 0 Å². The van der Waals surface area contributed by atoms with Gasteiger partial charge in [-0.2, -0.15) is 0 Å². The average molecular weight is 289 g/mol. The van der Waals surface area contributed by atoms with Gasteiger partial charge in [-0.05, 0) is 20.8 Å². The number of hydrogen-bond acceptors (Lipinski definition) is 5. The zero-order chi connectivity index (χ0) is 14.8. The molecule has 0 aliphatic rings. The summed E-state index contributed by atoms with van der Waals surface area (Å²) in [6.45, 7) is 5.36. The number of rotatable bonds is 3. The van der Waals surface area contributed by atoms with E-state index in [1.165, 1.54) is 0 Å². The largest absolute Gasteiger partial charge is 0.455 e. The number of hydrogen-bond donors (Lipinski definition) is 0. The second kappa shape index (κ2) is 5.54. The molecule has 1 aromatic heterocycles. The lowest BCUT2D eigenvalue weighted by molar-refractivity contribution is 0.00637. The minimum absolute atomic E-state index is 0.171. The van der Waals surface area contributed by atoms with Gasteiger partial charge in [0.1, 0.15) is 5.60 Å². The third-order valence-corrected chi connectivity index (χ3v) is 3.18. The van der Waals surface area contributed by atoms with Crippen LogP contribution in [0, 0.1) is 0 Å². The van der Waals surface area contributed by atoms with Gasteiger partial charge in [0.05, 0.1) is 0 Å². The standard InChI is InChI=1S/C15H15NO3S/c1-15(2,3)19-14(18)11-9-20-13(16-11)12(17)10-7-5-4-6-8-10/h4-9H,1-3H3. The van der Waals surface area contributed by atoms with Crippen LogP contribution in [0.3, 0.4) is 0 Å². The molecule has 0 unspecified atom stereocenters. The van der Waals surface area contributed by atoms with E-state index in [1.54, 1.807) is 50.4 Å². The molecule has 0 fully saturated rings.